The molecule has 0 heterocycles. The Kier molecular flexibility index (Phi) is 8.47. The quantitative estimate of drug-likeness (QED) is 0.639. The van der Waals surface area contributed by atoms with Crippen LogP contribution in [0.1, 0.15) is 31.9 Å². The van der Waals surface area contributed by atoms with Crippen LogP contribution >= 0.6 is 23.2 Å². The number of amides is 2. The summed E-state index contributed by atoms with van der Waals surface area (Å²) in [5.74, 6) is -0.769. The van der Waals surface area contributed by atoms with E-state index in [1.165, 1.54) is 11.0 Å². The summed E-state index contributed by atoms with van der Waals surface area (Å²) in [6.07, 6.45) is -0.0216. The molecule has 1 atom stereocenters. The molecule has 1 unspecified atom stereocenters. The summed E-state index contributed by atoms with van der Waals surface area (Å²) in [5.41, 5.74) is 0.931. The highest BCUT2D eigenvalue weighted by Gasteiger charge is 2.27. The van der Waals surface area contributed by atoms with Crippen molar-refractivity contribution < 1.29 is 14.0 Å². The Morgan fingerprint density at radius 2 is 1.76 bits per heavy atom. The Morgan fingerprint density at radius 1 is 1.07 bits per heavy atom. The van der Waals surface area contributed by atoms with Crippen molar-refractivity contribution in [2.45, 2.75) is 39.8 Å². The lowest BCUT2D eigenvalue weighted by Gasteiger charge is -2.29. The van der Waals surface area contributed by atoms with E-state index in [1.807, 2.05) is 13.8 Å². The molecule has 0 bridgehead atoms. The lowest BCUT2D eigenvalue weighted by molar-refractivity contribution is -0.140. The fraction of sp³-hybridized carbons (Fsp3) is 0.364. The van der Waals surface area contributed by atoms with Crippen molar-refractivity contribution in [3.63, 3.8) is 0 Å². The molecule has 0 aliphatic carbocycles. The van der Waals surface area contributed by atoms with E-state index in [0.717, 1.165) is 0 Å². The van der Waals surface area contributed by atoms with Gasteiger partial charge in [-0.25, -0.2) is 4.39 Å². The molecule has 0 saturated heterocycles. The molecule has 2 amide bonds. The predicted molar refractivity (Wildman–Crippen MR) is 114 cm³/mol. The van der Waals surface area contributed by atoms with E-state index >= 15 is 0 Å². The molecule has 0 saturated carbocycles. The molecule has 0 aliphatic heterocycles. The van der Waals surface area contributed by atoms with Gasteiger partial charge in [0, 0.05) is 28.7 Å². The van der Waals surface area contributed by atoms with Gasteiger partial charge in [0.15, 0.2) is 0 Å². The van der Waals surface area contributed by atoms with Crippen LogP contribution in [0.4, 0.5) is 4.39 Å². The zero-order chi connectivity index (χ0) is 21.6. The topological polar surface area (TPSA) is 49.4 Å². The largest absolute Gasteiger partial charge is 0.354 e. The van der Waals surface area contributed by atoms with Crippen LogP contribution in [0, 0.1) is 11.7 Å². The molecular formula is C22H25Cl2FN2O2. The second-order valence-electron chi connectivity index (χ2n) is 7.34. The molecule has 7 heteroatoms. The van der Waals surface area contributed by atoms with E-state index in [-0.39, 0.29) is 30.7 Å². The molecule has 0 radical (unpaired) electrons. The summed E-state index contributed by atoms with van der Waals surface area (Å²) in [4.78, 5) is 27.0. The van der Waals surface area contributed by atoms with Crippen molar-refractivity contribution in [3.05, 3.63) is 69.5 Å². The zero-order valence-corrected chi connectivity index (χ0v) is 18.2. The van der Waals surface area contributed by atoms with Gasteiger partial charge in [-0.1, -0.05) is 61.3 Å². The third kappa shape index (κ3) is 6.72. The van der Waals surface area contributed by atoms with Crippen molar-refractivity contribution in [3.8, 4) is 0 Å². The van der Waals surface area contributed by atoms with E-state index in [0.29, 0.717) is 27.7 Å². The van der Waals surface area contributed by atoms with Gasteiger partial charge in [-0.2, -0.15) is 0 Å². The first-order chi connectivity index (χ1) is 13.7. The second kappa shape index (κ2) is 10.6. The van der Waals surface area contributed by atoms with Crippen LogP contribution in [0.5, 0.6) is 0 Å². The number of carbonyl (C=O) groups excluding carboxylic acids is 2. The van der Waals surface area contributed by atoms with Gasteiger partial charge >= 0.3 is 0 Å². The summed E-state index contributed by atoms with van der Waals surface area (Å²) in [6.45, 7) is 6.07. The minimum atomic E-state index is -0.771. The molecule has 2 aromatic carbocycles. The fourth-order valence-electron chi connectivity index (χ4n) is 2.77. The van der Waals surface area contributed by atoms with Crippen LogP contribution < -0.4 is 5.32 Å². The van der Waals surface area contributed by atoms with Gasteiger partial charge in [0.2, 0.25) is 11.8 Å². The molecule has 0 aliphatic rings. The van der Waals surface area contributed by atoms with Crippen molar-refractivity contribution in [2.24, 2.45) is 5.92 Å². The van der Waals surface area contributed by atoms with Crippen molar-refractivity contribution in [2.75, 3.05) is 6.54 Å². The summed E-state index contributed by atoms with van der Waals surface area (Å²) >= 11 is 12.1. The minimum Gasteiger partial charge on any atom is -0.354 e. The van der Waals surface area contributed by atoms with Crippen LogP contribution in [-0.4, -0.2) is 29.3 Å². The molecule has 29 heavy (non-hydrogen) atoms. The minimum absolute atomic E-state index is 0.0209. The van der Waals surface area contributed by atoms with Crippen LogP contribution in [0.15, 0.2) is 42.5 Å². The predicted octanol–water partition coefficient (Wildman–Crippen LogP) is 4.86. The maximum atomic E-state index is 14.2. The molecule has 0 fully saturated rings. The number of nitrogens with zero attached hydrogens (tertiary/aromatic N) is 1. The van der Waals surface area contributed by atoms with Crippen LogP contribution in [0.3, 0.4) is 0 Å². The van der Waals surface area contributed by atoms with Crippen LogP contribution in [0.2, 0.25) is 10.0 Å². The number of nitrogens with one attached hydrogen (secondary N) is 1. The van der Waals surface area contributed by atoms with Gasteiger partial charge in [-0.05, 0) is 36.6 Å². The van der Waals surface area contributed by atoms with Crippen molar-refractivity contribution in [1.29, 1.82) is 0 Å². The summed E-state index contributed by atoms with van der Waals surface area (Å²) in [6, 6.07) is 10.3. The zero-order valence-electron chi connectivity index (χ0n) is 16.7. The lowest BCUT2D eigenvalue weighted by Crippen LogP contribution is -2.48. The number of carbonyl (C=O) groups is 2. The van der Waals surface area contributed by atoms with Gasteiger partial charge in [0.25, 0.3) is 0 Å². The molecule has 1 N–H and O–H groups in total. The smallest absolute Gasteiger partial charge is 0.242 e. The summed E-state index contributed by atoms with van der Waals surface area (Å²) < 4.78 is 14.2. The van der Waals surface area contributed by atoms with E-state index in [4.69, 9.17) is 23.2 Å². The second-order valence-corrected chi connectivity index (χ2v) is 8.18. The molecule has 0 aromatic heterocycles. The molecule has 0 spiro atoms. The average molecular weight is 439 g/mol. The van der Waals surface area contributed by atoms with Gasteiger partial charge in [0.05, 0.1) is 6.42 Å². The van der Waals surface area contributed by atoms with Gasteiger partial charge in [-0.15, -0.1) is 0 Å². The fourth-order valence-corrected chi connectivity index (χ4v) is 3.25. The van der Waals surface area contributed by atoms with Crippen LogP contribution in [0.25, 0.3) is 0 Å². The maximum absolute atomic E-state index is 14.2. The first-order valence-electron chi connectivity index (χ1n) is 9.43. The molecule has 2 rings (SSSR count). The summed E-state index contributed by atoms with van der Waals surface area (Å²) in [7, 11) is 0. The lowest BCUT2D eigenvalue weighted by atomic mass is 10.1. The first-order valence-corrected chi connectivity index (χ1v) is 10.2. The van der Waals surface area contributed by atoms with E-state index in [9.17, 15) is 14.0 Å². The standard InChI is InChI=1S/C22H25Cl2FN2O2/c1-14(2)12-26-22(29)15(3)27(13-17-6-4-5-7-20(17)25)21(28)10-16-8-9-18(23)11-19(16)24/h4-9,11,14-15H,10,12-13H2,1-3H3,(H,26,29). The third-order valence-corrected chi connectivity index (χ3v) is 5.09. The Labute approximate surface area is 181 Å². The summed E-state index contributed by atoms with van der Waals surface area (Å²) in [5, 5.41) is 3.67. The number of halogens is 3. The molecule has 156 valence electrons. The van der Waals surface area contributed by atoms with E-state index < -0.39 is 11.9 Å². The first kappa shape index (κ1) is 23.2. The Bertz CT molecular complexity index is 874. The molecule has 4 nitrogen and oxygen atoms in total. The Balaban J connectivity index is 2.26. The number of benzene rings is 2. The van der Waals surface area contributed by atoms with Crippen molar-refractivity contribution >= 4 is 35.0 Å². The third-order valence-electron chi connectivity index (χ3n) is 4.51. The number of rotatable bonds is 8. The van der Waals surface area contributed by atoms with Gasteiger partial charge in [0.1, 0.15) is 11.9 Å². The average Bonchev–Trinajstić information content (AvgIpc) is 2.67. The maximum Gasteiger partial charge on any atom is 0.242 e. The van der Waals surface area contributed by atoms with Gasteiger partial charge < -0.3 is 10.2 Å². The highest BCUT2D eigenvalue weighted by atomic mass is 35.5. The van der Waals surface area contributed by atoms with Crippen molar-refractivity contribution in [1.82, 2.24) is 10.2 Å². The Hall–Kier alpha value is -2.11. The van der Waals surface area contributed by atoms with Crippen LogP contribution in [-0.2, 0) is 22.6 Å². The highest BCUT2D eigenvalue weighted by molar-refractivity contribution is 6.35. The number of hydrogen-bond donors (Lipinski definition) is 1. The van der Waals surface area contributed by atoms with E-state index in [1.54, 1.807) is 43.3 Å². The molecular weight excluding hydrogens is 414 g/mol. The molecule has 2 aromatic rings. The number of hydrogen-bond acceptors (Lipinski definition) is 2. The normalized spacial score (nSPS) is 12.0. The SMILES string of the molecule is CC(C)CNC(=O)C(C)N(Cc1ccccc1F)C(=O)Cc1ccc(Cl)cc1Cl. The Morgan fingerprint density at radius 3 is 2.38 bits per heavy atom. The van der Waals surface area contributed by atoms with Gasteiger partial charge in [-0.3, -0.25) is 9.59 Å². The van der Waals surface area contributed by atoms with E-state index in [2.05, 4.69) is 5.32 Å². The highest BCUT2D eigenvalue weighted by Crippen LogP contribution is 2.23. The monoisotopic (exact) mass is 438 g/mol.